The molecule has 0 aromatic heterocycles. The Morgan fingerprint density at radius 1 is 1.24 bits per heavy atom. The number of carbonyl (C=O) groups excluding carboxylic acids is 1. The third-order valence-electron chi connectivity index (χ3n) is 5.10. The van der Waals surface area contributed by atoms with Crippen LogP contribution in [0.3, 0.4) is 0 Å². The summed E-state index contributed by atoms with van der Waals surface area (Å²) in [4.78, 5) is 25.5. The summed E-state index contributed by atoms with van der Waals surface area (Å²) in [6.45, 7) is 4.92. The lowest BCUT2D eigenvalue weighted by Crippen LogP contribution is -2.43. The lowest BCUT2D eigenvalue weighted by Gasteiger charge is -2.35. The summed E-state index contributed by atoms with van der Waals surface area (Å²) < 4.78 is 10.7. The Balaban J connectivity index is 1.74. The highest BCUT2D eigenvalue weighted by Crippen LogP contribution is 2.24. The second-order valence-corrected chi connectivity index (χ2v) is 6.91. The van der Waals surface area contributed by atoms with Crippen molar-refractivity contribution in [3.05, 3.63) is 69.3 Å². The van der Waals surface area contributed by atoms with Crippen molar-refractivity contribution in [2.24, 2.45) is 0 Å². The van der Waals surface area contributed by atoms with E-state index in [1.807, 2.05) is 24.3 Å². The third kappa shape index (κ3) is 5.10. The number of morpholine rings is 1. The van der Waals surface area contributed by atoms with Crippen LogP contribution in [0.4, 0.5) is 5.69 Å². The average molecular weight is 399 g/mol. The van der Waals surface area contributed by atoms with Gasteiger partial charge in [-0.1, -0.05) is 12.1 Å². The van der Waals surface area contributed by atoms with Crippen molar-refractivity contribution in [3.63, 3.8) is 0 Å². The SMILES string of the molecule is COc1ccc([C@@H](CNC(=O)c2ccc([N+](=O)[O-])c(C)c2)N2CCOCC2)cc1. The molecule has 8 nitrogen and oxygen atoms in total. The molecule has 154 valence electrons. The van der Waals surface area contributed by atoms with Crippen molar-refractivity contribution in [3.8, 4) is 5.75 Å². The summed E-state index contributed by atoms with van der Waals surface area (Å²) in [6.07, 6.45) is 0. The monoisotopic (exact) mass is 399 g/mol. The summed E-state index contributed by atoms with van der Waals surface area (Å²) in [5, 5.41) is 14.0. The molecule has 1 atom stereocenters. The number of rotatable bonds is 7. The minimum atomic E-state index is -0.449. The highest BCUT2D eigenvalue weighted by atomic mass is 16.6. The first kappa shape index (κ1) is 20.8. The Bertz CT molecular complexity index is 863. The first-order valence-electron chi connectivity index (χ1n) is 9.48. The van der Waals surface area contributed by atoms with E-state index in [0.717, 1.165) is 24.4 Å². The molecule has 29 heavy (non-hydrogen) atoms. The predicted molar refractivity (Wildman–Crippen MR) is 108 cm³/mol. The zero-order chi connectivity index (χ0) is 20.8. The average Bonchev–Trinajstić information content (AvgIpc) is 2.74. The number of carbonyl (C=O) groups is 1. The molecule has 0 radical (unpaired) electrons. The van der Waals surface area contributed by atoms with E-state index in [0.29, 0.717) is 30.9 Å². The van der Waals surface area contributed by atoms with Crippen molar-refractivity contribution >= 4 is 11.6 Å². The molecule has 3 rings (SSSR count). The molecule has 1 aliphatic rings. The lowest BCUT2D eigenvalue weighted by atomic mass is 10.0. The zero-order valence-electron chi connectivity index (χ0n) is 16.6. The van der Waals surface area contributed by atoms with Crippen LogP contribution in [0.5, 0.6) is 5.75 Å². The second kappa shape index (κ2) is 9.49. The van der Waals surface area contributed by atoms with Gasteiger partial charge in [-0.05, 0) is 36.8 Å². The van der Waals surface area contributed by atoms with Crippen LogP contribution in [-0.4, -0.2) is 55.7 Å². The quantitative estimate of drug-likeness (QED) is 0.568. The number of hydrogen-bond acceptors (Lipinski definition) is 6. The maximum atomic E-state index is 12.7. The van der Waals surface area contributed by atoms with Crippen molar-refractivity contribution in [2.75, 3.05) is 40.0 Å². The Labute approximate surface area is 169 Å². The van der Waals surface area contributed by atoms with Gasteiger partial charge in [-0.3, -0.25) is 19.8 Å². The van der Waals surface area contributed by atoms with Crippen molar-refractivity contribution in [1.29, 1.82) is 0 Å². The number of hydrogen-bond donors (Lipinski definition) is 1. The fourth-order valence-electron chi connectivity index (χ4n) is 3.47. The highest BCUT2D eigenvalue weighted by molar-refractivity contribution is 5.94. The largest absolute Gasteiger partial charge is 0.497 e. The summed E-state index contributed by atoms with van der Waals surface area (Å²) in [5.41, 5.74) is 1.95. The predicted octanol–water partition coefficient (Wildman–Crippen LogP) is 2.72. The zero-order valence-corrected chi connectivity index (χ0v) is 16.6. The summed E-state index contributed by atoms with van der Waals surface area (Å²) in [6, 6.07) is 12.2. The van der Waals surface area contributed by atoms with Gasteiger partial charge in [-0.15, -0.1) is 0 Å². The summed E-state index contributed by atoms with van der Waals surface area (Å²) in [7, 11) is 1.63. The Hall–Kier alpha value is -2.97. The van der Waals surface area contributed by atoms with E-state index in [9.17, 15) is 14.9 Å². The van der Waals surface area contributed by atoms with E-state index < -0.39 is 4.92 Å². The first-order chi connectivity index (χ1) is 14.0. The van der Waals surface area contributed by atoms with Crippen LogP contribution >= 0.6 is 0 Å². The van der Waals surface area contributed by atoms with Crippen LogP contribution < -0.4 is 10.1 Å². The number of nitro benzene ring substituents is 1. The van der Waals surface area contributed by atoms with Gasteiger partial charge >= 0.3 is 0 Å². The molecule has 1 aliphatic heterocycles. The molecular weight excluding hydrogens is 374 g/mol. The van der Waals surface area contributed by atoms with Gasteiger partial charge in [0.2, 0.25) is 0 Å². The normalized spacial score (nSPS) is 15.5. The molecule has 8 heteroatoms. The van der Waals surface area contributed by atoms with E-state index in [2.05, 4.69) is 10.2 Å². The number of amides is 1. The van der Waals surface area contributed by atoms with Gasteiger partial charge in [-0.25, -0.2) is 0 Å². The fraction of sp³-hybridized carbons (Fsp3) is 0.381. The summed E-state index contributed by atoms with van der Waals surface area (Å²) >= 11 is 0. The number of nitrogens with one attached hydrogen (secondary N) is 1. The molecule has 1 N–H and O–H groups in total. The van der Waals surface area contributed by atoms with Crippen LogP contribution in [0.15, 0.2) is 42.5 Å². The van der Waals surface area contributed by atoms with Gasteiger partial charge < -0.3 is 14.8 Å². The molecule has 1 heterocycles. The molecule has 0 spiro atoms. The van der Waals surface area contributed by atoms with Crippen molar-refractivity contribution in [1.82, 2.24) is 10.2 Å². The van der Waals surface area contributed by atoms with Crippen molar-refractivity contribution < 1.29 is 19.2 Å². The van der Waals surface area contributed by atoms with Crippen LogP contribution in [0.2, 0.25) is 0 Å². The molecule has 0 unspecified atom stereocenters. The molecule has 0 bridgehead atoms. The smallest absolute Gasteiger partial charge is 0.272 e. The molecular formula is C21H25N3O5. The van der Waals surface area contributed by atoms with Gasteiger partial charge in [0.15, 0.2) is 0 Å². The molecule has 0 saturated carbocycles. The van der Waals surface area contributed by atoms with E-state index in [4.69, 9.17) is 9.47 Å². The van der Waals surface area contributed by atoms with Gasteiger partial charge in [0.05, 0.1) is 31.3 Å². The van der Waals surface area contributed by atoms with Crippen LogP contribution in [0, 0.1) is 17.0 Å². The molecule has 2 aromatic carbocycles. The maximum absolute atomic E-state index is 12.7. The first-order valence-corrected chi connectivity index (χ1v) is 9.48. The van der Waals surface area contributed by atoms with Crippen LogP contribution in [0.1, 0.15) is 27.5 Å². The maximum Gasteiger partial charge on any atom is 0.272 e. The van der Waals surface area contributed by atoms with Crippen LogP contribution in [0.25, 0.3) is 0 Å². The number of methoxy groups -OCH3 is 1. The van der Waals surface area contributed by atoms with E-state index in [-0.39, 0.29) is 17.6 Å². The Morgan fingerprint density at radius 3 is 2.52 bits per heavy atom. The minimum Gasteiger partial charge on any atom is -0.497 e. The Kier molecular flexibility index (Phi) is 6.79. The van der Waals surface area contributed by atoms with Crippen LogP contribution in [-0.2, 0) is 4.74 Å². The number of benzene rings is 2. The number of nitrogens with zero attached hydrogens (tertiary/aromatic N) is 2. The van der Waals surface area contributed by atoms with Crippen molar-refractivity contribution in [2.45, 2.75) is 13.0 Å². The molecule has 0 aliphatic carbocycles. The van der Waals surface area contributed by atoms with Gasteiger partial charge in [0, 0.05) is 36.8 Å². The molecule has 2 aromatic rings. The second-order valence-electron chi connectivity index (χ2n) is 6.91. The number of nitro groups is 1. The van der Waals surface area contributed by atoms with Gasteiger partial charge in [-0.2, -0.15) is 0 Å². The van der Waals surface area contributed by atoms with Gasteiger partial charge in [0.1, 0.15) is 5.75 Å². The molecule has 1 amide bonds. The third-order valence-corrected chi connectivity index (χ3v) is 5.10. The fourth-order valence-corrected chi connectivity index (χ4v) is 3.47. The van der Waals surface area contributed by atoms with E-state index in [1.54, 1.807) is 20.1 Å². The highest BCUT2D eigenvalue weighted by Gasteiger charge is 2.24. The van der Waals surface area contributed by atoms with E-state index >= 15 is 0 Å². The summed E-state index contributed by atoms with van der Waals surface area (Å²) in [5.74, 6) is 0.523. The van der Waals surface area contributed by atoms with E-state index in [1.165, 1.54) is 12.1 Å². The molecule has 1 fully saturated rings. The number of aryl methyl sites for hydroxylation is 1. The standard InChI is InChI=1S/C21H25N3O5/c1-15-13-17(5-8-19(15)24(26)27)21(25)22-14-20(23-9-11-29-12-10-23)16-3-6-18(28-2)7-4-16/h3-8,13,20H,9-12,14H2,1-2H3,(H,22,25)/t20-/m1/s1. The topological polar surface area (TPSA) is 93.9 Å². The Morgan fingerprint density at radius 2 is 1.93 bits per heavy atom. The van der Waals surface area contributed by atoms with Gasteiger partial charge in [0.25, 0.3) is 11.6 Å². The lowest BCUT2D eigenvalue weighted by molar-refractivity contribution is -0.385. The number of ether oxygens (including phenoxy) is 2. The minimum absolute atomic E-state index is 0.00553. The molecule has 1 saturated heterocycles.